The average molecular weight is 459 g/mol. The van der Waals surface area contributed by atoms with Gasteiger partial charge in [-0.2, -0.15) is 0 Å². The lowest BCUT2D eigenvalue weighted by Gasteiger charge is -2.14. The summed E-state index contributed by atoms with van der Waals surface area (Å²) in [5, 5.41) is 1.24. The molecule has 174 valence electrons. The Morgan fingerprint density at radius 2 is 1.59 bits per heavy atom. The molecule has 0 spiro atoms. The predicted molar refractivity (Wildman–Crippen MR) is 130 cm³/mol. The molecule has 0 aliphatic carbocycles. The number of nitrogens with zero attached hydrogens (tertiary/aromatic N) is 1. The van der Waals surface area contributed by atoms with Crippen LogP contribution in [0.25, 0.3) is 6.08 Å². The molecule has 1 saturated heterocycles. The predicted octanol–water partition coefficient (Wildman–Crippen LogP) is 4.31. The molecule has 1 N–H and O–H groups in total. The van der Waals surface area contributed by atoms with Crippen LogP contribution in [0.15, 0.2) is 78.4 Å². The monoisotopic (exact) mass is 458 g/mol. The highest BCUT2D eigenvalue weighted by Crippen LogP contribution is 2.30. The summed E-state index contributed by atoms with van der Waals surface area (Å²) >= 11 is 0. The van der Waals surface area contributed by atoms with E-state index in [-0.39, 0.29) is 5.57 Å². The lowest BCUT2D eigenvalue weighted by atomic mass is 10.1. The van der Waals surface area contributed by atoms with Crippen molar-refractivity contribution in [3.05, 3.63) is 89.5 Å². The Balaban J connectivity index is 1.44. The lowest BCUT2D eigenvalue weighted by Crippen LogP contribution is -2.35. The summed E-state index contributed by atoms with van der Waals surface area (Å²) in [6.07, 6.45) is 1.55. The highest BCUT2D eigenvalue weighted by molar-refractivity contribution is 6.31. The van der Waals surface area contributed by atoms with Gasteiger partial charge in [0.15, 0.2) is 11.5 Å². The quantitative estimate of drug-likeness (QED) is 0.294. The van der Waals surface area contributed by atoms with Crippen LogP contribution in [-0.4, -0.2) is 31.6 Å². The van der Waals surface area contributed by atoms with E-state index in [1.54, 1.807) is 48.5 Å². The Labute approximate surface area is 198 Å². The normalized spacial score (nSPS) is 14.3. The van der Waals surface area contributed by atoms with Gasteiger partial charge in [-0.15, -0.1) is 0 Å². The van der Waals surface area contributed by atoms with Crippen molar-refractivity contribution in [2.75, 3.05) is 24.8 Å². The number of rotatable bonds is 9. The fourth-order valence-electron chi connectivity index (χ4n) is 3.43. The summed E-state index contributed by atoms with van der Waals surface area (Å²) < 4.78 is 17.3. The summed E-state index contributed by atoms with van der Waals surface area (Å²) in [4.78, 5) is 25.3. The molecule has 7 heteroatoms. The number of benzene rings is 3. The molecule has 1 aliphatic rings. The van der Waals surface area contributed by atoms with E-state index in [4.69, 9.17) is 14.2 Å². The standard InChI is InChI=1S/C27H26N2O5/c1-3-32-25-18-20(11-14-24(25)34-16-15-33-22-12-9-19(2)10-13-22)17-23-26(30)28-29(27(23)31)21-7-5-4-6-8-21/h4-14,17-18H,3,15-16H2,1-2H3,(H,28,30). The smallest absolute Gasteiger partial charge is 0.282 e. The van der Waals surface area contributed by atoms with Crippen molar-refractivity contribution in [3.63, 3.8) is 0 Å². The van der Waals surface area contributed by atoms with Gasteiger partial charge in [0.1, 0.15) is 24.5 Å². The van der Waals surface area contributed by atoms with Gasteiger partial charge in [-0.3, -0.25) is 15.0 Å². The van der Waals surface area contributed by atoms with E-state index in [1.807, 2.05) is 44.2 Å². The maximum atomic E-state index is 12.8. The van der Waals surface area contributed by atoms with Crippen LogP contribution < -0.4 is 24.6 Å². The number of carbonyl (C=O) groups excluding carboxylic acids is 2. The van der Waals surface area contributed by atoms with Crippen LogP contribution in [0, 0.1) is 6.92 Å². The van der Waals surface area contributed by atoms with Crippen LogP contribution >= 0.6 is 0 Å². The van der Waals surface area contributed by atoms with E-state index in [9.17, 15) is 9.59 Å². The Hall–Kier alpha value is -4.26. The van der Waals surface area contributed by atoms with E-state index in [1.165, 1.54) is 10.6 Å². The second kappa shape index (κ2) is 10.6. The number of anilines is 1. The number of hydrazine groups is 1. The Morgan fingerprint density at radius 1 is 0.853 bits per heavy atom. The summed E-state index contributed by atoms with van der Waals surface area (Å²) in [5.74, 6) is 0.996. The van der Waals surface area contributed by atoms with Crippen LogP contribution in [0.4, 0.5) is 5.69 Å². The maximum Gasteiger partial charge on any atom is 0.282 e. The van der Waals surface area contributed by atoms with Gasteiger partial charge in [0, 0.05) is 0 Å². The van der Waals surface area contributed by atoms with Crippen molar-refractivity contribution < 1.29 is 23.8 Å². The van der Waals surface area contributed by atoms with Gasteiger partial charge < -0.3 is 14.2 Å². The lowest BCUT2D eigenvalue weighted by molar-refractivity contribution is -0.117. The minimum absolute atomic E-state index is 0.0477. The molecule has 4 rings (SSSR count). The van der Waals surface area contributed by atoms with Crippen LogP contribution in [-0.2, 0) is 9.59 Å². The second-order valence-electron chi connectivity index (χ2n) is 7.62. The Kier molecular flexibility index (Phi) is 7.13. The van der Waals surface area contributed by atoms with Crippen molar-refractivity contribution in [1.82, 2.24) is 5.43 Å². The highest BCUT2D eigenvalue weighted by atomic mass is 16.5. The fraction of sp³-hybridized carbons (Fsp3) is 0.185. The molecule has 1 aliphatic heterocycles. The molecule has 0 bridgehead atoms. The van der Waals surface area contributed by atoms with Crippen LogP contribution in [0.5, 0.6) is 17.2 Å². The van der Waals surface area contributed by atoms with Crippen molar-refractivity contribution in [2.24, 2.45) is 0 Å². The number of para-hydroxylation sites is 1. The van der Waals surface area contributed by atoms with E-state index < -0.39 is 11.8 Å². The first kappa shape index (κ1) is 22.9. The van der Waals surface area contributed by atoms with Gasteiger partial charge in [0.25, 0.3) is 11.8 Å². The highest BCUT2D eigenvalue weighted by Gasteiger charge is 2.34. The van der Waals surface area contributed by atoms with E-state index >= 15 is 0 Å². The van der Waals surface area contributed by atoms with Crippen LogP contribution in [0.3, 0.4) is 0 Å². The summed E-state index contributed by atoms with van der Waals surface area (Å²) in [7, 11) is 0. The molecular formula is C27H26N2O5. The minimum atomic E-state index is -0.458. The van der Waals surface area contributed by atoms with Gasteiger partial charge >= 0.3 is 0 Å². The van der Waals surface area contributed by atoms with Gasteiger partial charge in [-0.25, -0.2) is 5.01 Å². The van der Waals surface area contributed by atoms with Gasteiger partial charge in [0.05, 0.1) is 12.3 Å². The number of nitrogens with one attached hydrogen (secondary N) is 1. The van der Waals surface area contributed by atoms with Crippen molar-refractivity contribution in [3.8, 4) is 17.2 Å². The van der Waals surface area contributed by atoms with Crippen LogP contribution in [0.2, 0.25) is 0 Å². The fourth-order valence-corrected chi connectivity index (χ4v) is 3.43. The molecule has 3 aromatic rings. The zero-order valence-electron chi connectivity index (χ0n) is 19.1. The minimum Gasteiger partial charge on any atom is -0.490 e. The molecule has 34 heavy (non-hydrogen) atoms. The topological polar surface area (TPSA) is 77.1 Å². The first-order chi connectivity index (χ1) is 16.5. The molecular weight excluding hydrogens is 432 g/mol. The number of amides is 2. The first-order valence-corrected chi connectivity index (χ1v) is 11.1. The number of aryl methyl sites for hydroxylation is 1. The number of hydrogen-bond acceptors (Lipinski definition) is 5. The third kappa shape index (κ3) is 5.38. The molecule has 0 unspecified atom stereocenters. The summed E-state index contributed by atoms with van der Waals surface area (Å²) in [5.41, 5.74) is 5.06. The first-order valence-electron chi connectivity index (χ1n) is 11.1. The molecule has 0 aromatic heterocycles. The Bertz CT molecular complexity index is 1190. The molecule has 1 fully saturated rings. The Morgan fingerprint density at radius 3 is 2.32 bits per heavy atom. The van der Waals surface area contributed by atoms with Crippen molar-refractivity contribution in [1.29, 1.82) is 0 Å². The van der Waals surface area contributed by atoms with Crippen molar-refractivity contribution in [2.45, 2.75) is 13.8 Å². The molecule has 0 radical (unpaired) electrons. The molecule has 0 atom stereocenters. The molecule has 1 heterocycles. The molecule has 3 aromatic carbocycles. The molecule has 2 amide bonds. The van der Waals surface area contributed by atoms with Crippen molar-refractivity contribution >= 4 is 23.6 Å². The third-order valence-electron chi connectivity index (χ3n) is 5.12. The van der Waals surface area contributed by atoms with E-state index in [0.29, 0.717) is 42.6 Å². The zero-order valence-corrected chi connectivity index (χ0v) is 19.1. The second-order valence-corrected chi connectivity index (χ2v) is 7.62. The number of hydrogen-bond donors (Lipinski definition) is 1. The summed E-state index contributed by atoms with van der Waals surface area (Å²) in [6.45, 7) is 5.06. The van der Waals surface area contributed by atoms with E-state index in [0.717, 1.165) is 5.75 Å². The third-order valence-corrected chi connectivity index (χ3v) is 5.12. The maximum absolute atomic E-state index is 12.8. The molecule has 0 saturated carbocycles. The van der Waals surface area contributed by atoms with E-state index in [2.05, 4.69) is 5.43 Å². The van der Waals surface area contributed by atoms with Crippen LogP contribution in [0.1, 0.15) is 18.1 Å². The average Bonchev–Trinajstić information content (AvgIpc) is 3.13. The van der Waals surface area contributed by atoms with Gasteiger partial charge in [-0.1, -0.05) is 42.0 Å². The largest absolute Gasteiger partial charge is 0.490 e. The number of carbonyl (C=O) groups is 2. The van der Waals surface area contributed by atoms with Gasteiger partial charge in [0.2, 0.25) is 0 Å². The number of ether oxygens (including phenoxy) is 3. The molecule has 7 nitrogen and oxygen atoms in total. The summed E-state index contributed by atoms with van der Waals surface area (Å²) in [6, 6.07) is 22.1. The zero-order chi connectivity index (χ0) is 23.9. The SMILES string of the molecule is CCOc1cc(C=C2C(=O)NN(c3ccccc3)C2=O)ccc1OCCOc1ccc(C)cc1. The van der Waals surface area contributed by atoms with Gasteiger partial charge in [-0.05, 0) is 61.9 Å².